The maximum absolute atomic E-state index is 12.5. The molecule has 2 aromatic rings. The van der Waals surface area contributed by atoms with Gasteiger partial charge >= 0.3 is 11.9 Å². The highest BCUT2D eigenvalue weighted by atomic mass is 16.5. The van der Waals surface area contributed by atoms with Crippen LogP contribution in [0.2, 0.25) is 0 Å². The Morgan fingerprint density at radius 1 is 1.38 bits per heavy atom. The maximum atomic E-state index is 12.5. The summed E-state index contributed by atoms with van der Waals surface area (Å²) in [6.07, 6.45) is 7.55. The number of aromatic nitrogens is 2. The Hall–Kier alpha value is -3.79. The minimum atomic E-state index is -0.850. The zero-order valence-corrected chi connectivity index (χ0v) is 14.2. The molecular weight excluding hydrogens is 334 g/mol. The van der Waals surface area contributed by atoms with Gasteiger partial charge in [-0.15, -0.1) is 0 Å². The lowest BCUT2D eigenvalue weighted by Gasteiger charge is -2.11. The van der Waals surface area contributed by atoms with Gasteiger partial charge in [0.15, 0.2) is 17.1 Å². The molecule has 0 aliphatic carbocycles. The molecule has 0 aliphatic rings. The minimum Gasteiger partial charge on any atom is -0.464 e. The van der Waals surface area contributed by atoms with E-state index >= 15 is 0 Å². The van der Waals surface area contributed by atoms with Crippen LogP contribution >= 0.6 is 0 Å². The molecular formula is C19H15N3O4. The predicted molar refractivity (Wildman–Crippen MR) is 94.3 cm³/mol. The van der Waals surface area contributed by atoms with Gasteiger partial charge in [-0.05, 0) is 25.1 Å². The van der Waals surface area contributed by atoms with E-state index in [0.29, 0.717) is 5.39 Å². The van der Waals surface area contributed by atoms with Gasteiger partial charge in [0.1, 0.15) is 11.6 Å². The summed E-state index contributed by atoms with van der Waals surface area (Å²) < 4.78 is 10.1. The number of carbonyl (C=O) groups is 2. The third-order valence-electron chi connectivity index (χ3n) is 3.28. The fourth-order valence-electron chi connectivity index (χ4n) is 2.18. The number of hydrogen-bond acceptors (Lipinski definition) is 7. The Kier molecular flexibility index (Phi) is 5.96. The van der Waals surface area contributed by atoms with Crippen LogP contribution in [0.4, 0.5) is 0 Å². The van der Waals surface area contributed by atoms with E-state index < -0.39 is 11.9 Å². The van der Waals surface area contributed by atoms with E-state index in [4.69, 9.17) is 4.74 Å². The lowest BCUT2D eigenvalue weighted by molar-refractivity contribution is -0.129. The second-order valence-electron chi connectivity index (χ2n) is 4.89. The summed E-state index contributed by atoms with van der Waals surface area (Å²) in [6, 6.07) is 5.10. The summed E-state index contributed by atoms with van der Waals surface area (Å²) in [4.78, 5) is 32.7. The molecule has 7 nitrogen and oxygen atoms in total. The summed E-state index contributed by atoms with van der Waals surface area (Å²) in [5.41, 5.74) is 0.0450. The summed E-state index contributed by atoms with van der Waals surface area (Å²) >= 11 is 0. The van der Waals surface area contributed by atoms with Gasteiger partial charge in [-0.1, -0.05) is 24.8 Å². The second kappa shape index (κ2) is 8.35. The van der Waals surface area contributed by atoms with Gasteiger partial charge in [0.2, 0.25) is 0 Å². The van der Waals surface area contributed by atoms with Crippen molar-refractivity contribution in [2.45, 2.75) is 6.92 Å². The number of ether oxygens (including phenoxy) is 2. The first-order valence-electron chi connectivity index (χ1n) is 7.52. The largest absolute Gasteiger partial charge is 0.464 e. The molecule has 0 spiro atoms. The summed E-state index contributed by atoms with van der Waals surface area (Å²) in [7, 11) is 1.16. The molecule has 26 heavy (non-hydrogen) atoms. The van der Waals surface area contributed by atoms with Gasteiger partial charge in [0.05, 0.1) is 12.7 Å². The van der Waals surface area contributed by atoms with E-state index in [2.05, 4.69) is 21.3 Å². The molecule has 0 amide bonds. The first kappa shape index (κ1) is 18.5. The number of carbonyl (C=O) groups excluding carboxylic acids is 2. The number of esters is 2. The number of methoxy groups -OCH3 is 1. The van der Waals surface area contributed by atoms with Crippen molar-refractivity contribution in [3.63, 3.8) is 0 Å². The van der Waals surface area contributed by atoms with Crippen molar-refractivity contribution in [3.8, 4) is 11.8 Å². The molecule has 0 aromatic carbocycles. The average Bonchev–Trinajstić information content (AvgIpc) is 2.67. The molecule has 0 unspecified atom stereocenters. The number of nitriles is 1. The summed E-state index contributed by atoms with van der Waals surface area (Å²) in [5, 5.41) is 9.64. The molecule has 2 rings (SSSR count). The van der Waals surface area contributed by atoms with E-state index in [9.17, 15) is 14.9 Å². The van der Waals surface area contributed by atoms with E-state index in [1.54, 1.807) is 25.1 Å². The minimum absolute atomic E-state index is 0.0244. The van der Waals surface area contributed by atoms with Gasteiger partial charge in [0.25, 0.3) is 0 Å². The molecule has 0 atom stereocenters. The van der Waals surface area contributed by atoms with Gasteiger partial charge in [-0.3, -0.25) is 4.98 Å². The van der Waals surface area contributed by atoms with Crippen LogP contribution in [0.1, 0.15) is 23.1 Å². The Morgan fingerprint density at radius 2 is 2.15 bits per heavy atom. The number of pyridine rings is 2. The topological polar surface area (TPSA) is 102 Å². The summed E-state index contributed by atoms with van der Waals surface area (Å²) in [6.45, 7) is 5.29. The lowest BCUT2D eigenvalue weighted by atomic mass is 10.1. The summed E-state index contributed by atoms with van der Waals surface area (Å²) in [5.74, 6) is -1.75. The third kappa shape index (κ3) is 3.65. The lowest BCUT2D eigenvalue weighted by Crippen LogP contribution is -2.16. The molecule has 7 heteroatoms. The van der Waals surface area contributed by atoms with Crippen molar-refractivity contribution in [2.24, 2.45) is 0 Å². The number of fused-ring (bicyclic) bond motifs is 1. The van der Waals surface area contributed by atoms with Gasteiger partial charge in [0, 0.05) is 11.6 Å². The highest BCUT2D eigenvalue weighted by Gasteiger charge is 2.25. The highest BCUT2D eigenvalue weighted by Crippen LogP contribution is 2.30. The van der Waals surface area contributed by atoms with Crippen LogP contribution in [-0.2, 0) is 9.53 Å². The zero-order chi connectivity index (χ0) is 19.1. The van der Waals surface area contributed by atoms with Crippen molar-refractivity contribution >= 4 is 22.8 Å². The van der Waals surface area contributed by atoms with Crippen molar-refractivity contribution in [3.05, 3.63) is 66.2 Å². The zero-order valence-electron chi connectivity index (χ0n) is 14.2. The smallest absolute Gasteiger partial charge is 0.360 e. The number of allylic oxidation sites excluding steroid dienone is 3. The van der Waals surface area contributed by atoms with Crippen LogP contribution < -0.4 is 4.74 Å². The Labute approximate surface area is 149 Å². The monoisotopic (exact) mass is 349 g/mol. The van der Waals surface area contributed by atoms with Crippen LogP contribution in [0, 0.1) is 11.3 Å². The van der Waals surface area contributed by atoms with Crippen molar-refractivity contribution < 1.29 is 19.1 Å². The second-order valence-corrected chi connectivity index (χ2v) is 4.89. The molecule has 2 aromatic heterocycles. The molecule has 0 saturated heterocycles. The third-order valence-corrected chi connectivity index (χ3v) is 3.28. The van der Waals surface area contributed by atoms with E-state index in [1.165, 1.54) is 24.4 Å². The van der Waals surface area contributed by atoms with Crippen molar-refractivity contribution in [1.29, 1.82) is 5.26 Å². The molecule has 0 saturated carbocycles. The first-order valence-corrected chi connectivity index (χ1v) is 7.52. The highest BCUT2D eigenvalue weighted by molar-refractivity contribution is 6.02. The SMILES string of the molecule is C=C/C=C(\C=C/C)C(=O)Oc1c(C(=O)OC)nc(C#N)c2cccnc12. The number of hydrogen-bond donors (Lipinski definition) is 0. The Bertz CT molecular complexity index is 984. The van der Waals surface area contributed by atoms with E-state index in [-0.39, 0.29) is 28.2 Å². The average molecular weight is 349 g/mol. The first-order chi connectivity index (χ1) is 12.6. The van der Waals surface area contributed by atoms with Gasteiger partial charge < -0.3 is 9.47 Å². The van der Waals surface area contributed by atoms with E-state index in [1.807, 2.05) is 6.07 Å². The van der Waals surface area contributed by atoms with Crippen LogP contribution in [0.25, 0.3) is 10.9 Å². The van der Waals surface area contributed by atoms with Crippen molar-refractivity contribution in [2.75, 3.05) is 7.11 Å². The fourth-order valence-corrected chi connectivity index (χ4v) is 2.18. The molecule has 2 heterocycles. The maximum Gasteiger partial charge on any atom is 0.360 e. The molecule has 0 N–H and O–H groups in total. The number of nitrogens with zero attached hydrogens (tertiary/aromatic N) is 3. The molecule has 0 radical (unpaired) electrons. The number of rotatable bonds is 5. The molecule has 0 aliphatic heterocycles. The van der Waals surface area contributed by atoms with E-state index in [0.717, 1.165) is 7.11 Å². The van der Waals surface area contributed by atoms with Gasteiger partial charge in [-0.25, -0.2) is 14.6 Å². The molecule has 130 valence electrons. The quantitative estimate of drug-likeness (QED) is 0.464. The molecule has 0 bridgehead atoms. The molecule has 0 fully saturated rings. The Balaban J connectivity index is 2.70. The normalized spacial score (nSPS) is 11.2. The van der Waals surface area contributed by atoms with Crippen molar-refractivity contribution in [1.82, 2.24) is 9.97 Å². The van der Waals surface area contributed by atoms with Crippen LogP contribution in [0.15, 0.2) is 54.8 Å². The fraction of sp³-hybridized carbons (Fsp3) is 0.105. The van der Waals surface area contributed by atoms with Gasteiger partial charge in [-0.2, -0.15) is 5.26 Å². The Morgan fingerprint density at radius 3 is 2.77 bits per heavy atom. The van der Waals surface area contributed by atoms with Crippen LogP contribution in [0.3, 0.4) is 0 Å². The van der Waals surface area contributed by atoms with Crippen LogP contribution in [0.5, 0.6) is 5.75 Å². The standard InChI is InChI=1S/C19H15N3O4/c1-4-7-12(8-5-2)18(23)26-17-15-13(9-6-10-21-15)14(11-20)22-16(17)19(24)25-3/h4-10H,1H2,2-3H3/b8-5-,12-7+. The predicted octanol–water partition coefficient (Wildman–Crippen LogP) is 2.88. The van der Waals surface area contributed by atoms with Crippen LogP contribution in [-0.4, -0.2) is 29.0 Å².